The van der Waals surface area contributed by atoms with Gasteiger partial charge in [-0.15, -0.1) is 0 Å². The van der Waals surface area contributed by atoms with Crippen LogP contribution < -0.4 is 16.2 Å². The summed E-state index contributed by atoms with van der Waals surface area (Å²) in [5, 5.41) is 4.05. The summed E-state index contributed by atoms with van der Waals surface area (Å²) in [4.78, 5) is 19.2. The molecule has 0 bridgehead atoms. The van der Waals surface area contributed by atoms with E-state index in [4.69, 9.17) is 0 Å². The lowest BCUT2D eigenvalue weighted by Gasteiger charge is -2.23. The molecule has 0 saturated carbocycles. The molecule has 0 saturated heterocycles. The molecule has 0 amide bonds. The second-order valence-electron chi connectivity index (χ2n) is 10.1. The normalized spacial score (nSPS) is 11.8. The minimum Gasteiger partial charge on any atom is -0.313 e. The number of para-hydroxylation sites is 1. The number of rotatable bonds is 5. The highest BCUT2D eigenvalue weighted by Crippen LogP contribution is 2.47. The Morgan fingerprint density at radius 2 is 1.32 bits per heavy atom. The first-order valence-corrected chi connectivity index (χ1v) is 15.2. The molecule has 0 radical (unpaired) electrons. The Labute approximate surface area is 235 Å². The van der Waals surface area contributed by atoms with E-state index < -0.39 is 13.0 Å². The van der Waals surface area contributed by atoms with Gasteiger partial charge in [0.2, 0.25) is 0 Å². The highest BCUT2D eigenvalue weighted by atomic mass is 31.2. The minimum absolute atomic E-state index is 0.0594. The second kappa shape index (κ2) is 9.96. The van der Waals surface area contributed by atoms with E-state index in [1.807, 2.05) is 97.1 Å². The van der Waals surface area contributed by atoms with Gasteiger partial charge in [0.05, 0.1) is 16.6 Å². The zero-order chi connectivity index (χ0) is 28.0. The molecule has 5 aromatic carbocycles. The average Bonchev–Trinajstić information content (AvgIpc) is 3.02. The molecule has 0 N–H and O–H groups in total. The number of pyridine rings is 2. The fraction of sp³-hybridized carbons (Fsp3) is 0.0286. The van der Waals surface area contributed by atoms with Crippen LogP contribution >= 0.6 is 7.14 Å². The zero-order valence-corrected chi connectivity index (χ0v) is 22.8. The van der Waals surface area contributed by atoms with Crippen molar-refractivity contribution in [3.8, 4) is 5.69 Å². The topological polar surface area (TPSA) is 52.0 Å². The maximum atomic E-state index is 15.3. The number of hydrogen-bond donors (Lipinski definition) is 0. The summed E-state index contributed by atoms with van der Waals surface area (Å²) in [5.41, 5.74) is 1.45. The Morgan fingerprint density at radius 1 is 0.683 bits per heavy atom. The van der Waals surface area contributed by atoms with Crippen molar-refractivity contribution in [2.45, 2.75) is 6.16 Å². The van der Waals surface area contributed by atoms with Crippen molar-refractivity contribution in [2.75, 3.05) is 0 Å². The third-order valence-electron chi connectivity index (χ3n) is 7.63. The Hall–Kier alpha value is -4.86. The van der Waals surface area contributed by atoms with Crippen molar-refractivity contribution in [3.05, 3.63) is 155 Å². The van der Waals surface area contributed by atoms with Crippen LogP contribution in [0.3, 0.4) is 0 Å². The van der Waals surface area contributed by atoms with Gasteiger partial charge in [0.1, 0.15) is 13.0 Å². The van der Waals surface area contributed by atoms with Gasteiger partial charge in [0.15, 0.2) is 0 Å². The summed E-state index contributed by atoms with van der Waals surface area (Å²) < 4.78 is 32.1. The summed E-state index contributed by atoms with van der Waals surface area (Å²) in [6.45, 7) is 0. The van der Waals surface area contributed by atoms with E-state index in [9.17, 15) is 4.79 Å². The molecule has 7 rings (SSSR count). The average molecular weight is 555 g/mol. The maximum Gasteiger partial charge on any atom is 0.263 e. The quantitative estimate of drug-likeness (QED) is 0.165. The van der Waals surface area contributed by atoms with Crippen molar-refractivity contribution in [1.29, 1.82) is 0 Å². The van der Waals surface area contributed by atoms with Gasteiger partial charge in [-0.05, 0) is 35.0 Å². The molecule has 0 atom stereocenters. The van der Waals surface area contributed by atoms with Crippen LogP contribution in [0.2, 0.25) is 0 Å². The monoisotopic (exact) mass is 554 g/mol. The SMILES string of the molecule is O=c1c2c(cc(F)c3ccccc32)cc(CP(=O)(c2ccccc2)c2ccccc2)n1-c1cccc2cccnc12. The van der Waals surface area contributed by atoms with Crippen LogP contribution in [-0.4, -0.2) is 9.55 Å². The van der Waals surface area contributed by atoms with Crippen molar-refractivity contribution < 1.29 is 8.96 Å². The molecule has 0 spiro atoms. The summed E-state index contributed by atoms with van der Waals surface area (Å²) in [6, 6.07) is 38.4. The van der Waals surface area contributed by atoms with E-state index in [1.54, 1.807) is 35.0 Å². The molecular weight excluding hydrogens is 530 g/mol. The van der Waals surface area contributed by atoms with Crippen LogP contribution in [0, 0.1) is 5.82 Å². The molecule has 198 valence electrons. The molecule has 2 heterocycles. The van der Waals surface area contributed by atoms with Crippen molar-refractivity contribution in [2.24, 2.45) is 0 Å². The number of hydrogen-bond acceptors (Lipinski definition) is 3. The number of aromatic nitrogens is 2. The van der Waals surface area contributed by atoms with Crippen molar-refractivity contribution >= 4 is 50.2 Å². The highest BCUT2D eigenvalue weighted by molar-refractivity contribution is 7.78. The summed E-state index contributed by atoms with van der Waals surface area (Å²) in [5.74, 6) is -0.405. The lowest BCUT2D eigenvalue weighted by atomic mass is 10.0. The van der Waals surface area contributed by atoms with Gasteiger partial charge in [0, 0.05) is 39.4 Å². The van der Waals surface area contributed by atoms with Gasteiger partial charge in [-0.2, -0.15) is 0 Å². The van der Waals surface area contributed by atoms with Crippen LogP contribution in [0.4, 0.5) is 4.39 Å². The van der Waals surface area contributed by atoms with Gasteiger partial charge in [-0.25, -0.2) is 4.39 Å². The predicted octanol–water partition coefficient (Wildman–Crippen LogP) is 7.35. The summed E-state index contributed by atoms with van der Waals surface area (Å²) in [6.07, 6.45) is 1.76. The predicted molar refractivity (Wildman–Crippen MR) is 166 cm³/mol. The van der Waals surface area contributed by atoms with Crippen LogP contribution in [0.5, 0.6) is 0 Å². The molecule has 0 aliphatic rings. The van der Waals surface area contributed by atoms with Crippen LogP contribution in [-0.2, 0) is 10.7 Å². The first-order chi connectivity index (χ1) is 20.0. The molecule has 6 heteroatoms. The zero-order valence-electron chi connectivity index (χ0n) is 21.9. The van der Waals surface area contributed by atoms with E-state index in [-0.39, 0.29) is 11.7 Å². The van der Waals surface area contributed by atoms with Crippen LogP contribution in [0.25, 0.3) is 38.1 Å². The first-order valence-electron chi connectivity index (χ1n) is 13.3. The number of nitrogens with zero attached hydrogens (tertiary/aromatic N) is 2. The fourth-order valence-corrected chi connectivity index (χ4v) is 8.40. The Balaban J connectivity index is 1.60. The van der Waals surface area contributed by atoms with Gasteiger partial charge in [-0.1, -0.05) is 103 Å². The van der Waals surface area contributed by atoms with Crippen molar-refractivity contribution in [3.63, 3.8) is 0 Å². The third kappa shape index (κ3) is 4.18. The lowest BCUT2D eigenvalue weighted by molar-refractivity contribution is 0.585. The maximum absolute atomic E-state index is 15.3. The van der Waals surface area contributed by atoms with E-state index >= 15 is 8.96 Å². The van der Waals surface area contributed by atoms with Gasteiger partial charge >= 0.3 is 0 Å². The molecule has 2 aromatic heterocycles. The van der Waals surface area contributed by atoms with E-state index in [0.29, 0.717) is 49.1 Å². The minimum atomic E-state index is -3.29. The fourth-order valence-electron chi connectivity index (χ4n) is 5.74. The molecule has 41 heavy (non-hydrogen) atoms. The lowest BCUT2D eigenvalue weighted by Crippen LogP contribution is -2.25. The van der Waals surface area contributed by atoms with Gasteiger partial charge < -0.3 is 4.57 Å². The van der Waals surface area contributed by atoms with Crippen LogP contribution in [0.15, 0.2) is 138 Å². The van der Waals surface area contributed by atoms with E-state index in [1.165, 1.54) is 6.07 Å². The molecule has 0 fully saturated rings. The van der Waals surface area contributed by atoms with Gasteiger partial charge in [-0.3, -0.25) is 14.3 Å². The smallest absolute Gasteiger partial charge is 0.263 e. The van der Waals surface area contributed by atoms with E-state index in [2.05, 4.69) is 4.98 Å². The van der Waals surface area contributed by atoms with Crippen LogP contribution in [0.1, 0.15) is 5.69 Å². The summed E-state index contributed by atoms with van der Waals surface area (Å²) in [7, 11) is -3.29. The standard InChI is InChI=1S/C35H24FN2O2P/c36-31-22-25-21-26(23-41(40,27-13-3-1-4-14-27)28-15-5-2-6-16-28)38(32-19-9-11-24-12-10-20-37-34(24)32)35(39)33(25)30-18-8-7-17-29(30)31/h1-22H,23H2. The van der Waals surface area contributed by atoms with Crippen molar-refractivity contribution in [1.82, 2.24) is 9.55 Å². The number of halogens is 1. The number of benzene rings is 5. The molecule has 0 unspecified atom stereocenters. The molecule has 0 aliphatic carbocycles. The Bertz CT molecular complexity index is 2150. The third-order valence-corrected chi connectivity index (χ3v) is 10.7. The van der Waals surface area contributed by atoms with Gasteiger partial charge in [0.25, 0.3) is 5.56 Å². The molecule has 4 nitrogen and oxygen atoms in total. The Morgan fingerprint density at radius 3 is 2.02 bits per heavy atom. The van der Waals surface area contributed by atoms with E-state index in [0.717, 1.165) is 5.39 Å². The highest BCUT2D eigenvalue weighted by Gasteiger charge is 2.30. The first kappa shape index (κ1) is 25.1. The summed E-state index contributed by atoms with van der Waals surface area (Å²) >= 11 is 0. The molecular formula is C35H24FN2O2P. The Kier molecular flexibility index (Phi) is 6.10. The molecule has 7 aromatic rings. The molecule has 0 aliphatic heterocycles. The second-order valence-corrected chi connectivity index (χ2v) is 12.9. The number of fused-ring (bicyclic) bond motifs is 4. The largest absolute Gasteiger partial charge is 0.313 e.